The molecule has 0 fully saturated rings. The van der Waals surface area contributed by atoms with Crippen molar-refractivity contribution in [2.75, 3.05) is 0 Å². The van der Waals surface area contributed by atoms with Crippen molar-refractivity contribution >= 4 is 11.9 Å². The zero-order valence-corrected chi connectivity index (χ0v) is 8.97. The van der Waals surface area contributed by atoms with Gasteiger partial charge in [0, 0.05) is 12.1 Å². The van der Waals surface area contributed by atoms with Crippen LogP contribution in [-0.4, -0.2) is 15.7 Å². The van der Waals surface area contributed by atoms with Gasteiger partial charge in [-0.3, -0.25) is 9.20 Å². The number of hydrogen-bond acceptors (Lipinski definition) is 2. The van der Waals surface area contributed by atoms with E-state index < -0.39 is 0 Å². The molecule has 0 amide bonds. The molecule has 0 aromatic carbocycles. The van der Waals surface area contributed by atoms with E-state index in [4.69, 9.17) is 0 Å². The van der Waals surface area contributed by atoms with E-state index in [2.05, 4.69) is 18.8 Å². The summed E-state index contributed by atoms with van der Waals surface area (Å²) in [7, 11) is 0. The Hall–Kier alpha value is -1.64. The van der Waals surface area contributed by atoms with Crippen molar-refractivity contribution in [2.24, 2.45) is 0 Å². The van der Waals surface area contributed by atoms with Crippen LogP contribution < -0.4 is 0 Å². The number of hydrogen-bond donors (Lipinski definition) is 0. The second-order valence-corrected chi connectivity index (χ2v) is 3.74. The highest BCUT2D eigenvalue weighted by Gasteiger charge is 2.15. The molecular formula is C12H14N2O. The van der Waals surface area contributed by atoms with E-state index in [1.165, 1.54) is 0 Å². The lowest BCUT2D eigenvalue weighted by atomic mass is 10.0. The van der Waals surface area contributed by atoms with Gasteiger partial charge in [0.1, 0.15) is 11.3 Å². The summed E-state index contributed by atoms with van der Waals surface area (Å²) >= 11 is 0. The van der Waals surface area contributed by atoms with Crippen molar-refractivity contribution < 1.29 is 4.79 Å². The van der Waals surface area contributed by atoms with Crippen molar-refractivity contribution in [3.05, 3.63) is 35.8 Å². The Morgan fingerprint density at radius 3 is 3.00 bits per heavy atom. The average Bonchev–Trinajstić information content (AvgIpc) is 2.66. The first-order valence-electron chi connectivity index (χ1n) is 5.20. The van der Waals surface area contributed by atoms with Gasteiger partial charge in [0.15, 0.2) is 6.29 Å². The number of rotatable bonds is 3. The molecule has 2 rings (SSSR count). The second kappa shape index (κ2) is 3.85. The molecule has 0 N–H and O–H groups in total. The number of aldehydes is 1. The summed E-state index contributed by atoms with van der Waals surface area (Å²) in [5.74, 6) is 0.324. The zero-order chi connectivity index (χ0) is 10.8. The van der Waals surface area contributed by atoms with E-state index in [-0.39, 0.29) is 0 Å². The standard InChI is InChI=1S/C12H14N2O/c1-3-9(2)12-10(8-15)14-7-5-4-6-11(14)13-12/h4-9H,3H2,1-2H3. The highest BCUT2D eigenvalue weighted by Crippen LogP contribution is 2.21. The van der Waals surface area contributed by atoms with Crippen molar-refractivity contribution in [1.82, 2.24) is 9.38 Å². The molecule has 1 atom stereocenters. The predicted molar refractivity (Wildman–Crippen MR) is 59.3 cm³/mol. The van der Waals surface area contributed by atoms with Gasteiger partial charge in [0.2, 0.25) is 0 Å². The fraction of sp³-hybridized carbons (Fsp3) is 0.333. The Labute approximate surface area is 88.8 Å². The van der Waals surface area contributed by atoms with E-state index in [1.54, 1.807) is 0 Å². The van der Waals surface area contributed by atoms with E-state index >= 15 is 0 Å². The van der Waals surface area contributed by atoms with Gasteiger partial charge in [-0.2, -0.15) is 0 Å². The number of pyridine rings is 1. The van der Waals surface area contributed by atoms with Crippen LogP contribution >= 0.6 is 0 Å². The van der Waals surface area contributed by atoms with E-state index in [0.29, 0.717) is 11.6 Å². The third-order valence-electron chi connectivity index (χ3n) is 2.79. The number of fused-ring (bicyclic) bond motifs is 1. The monoisotopic (exact) mass is 202 g/mol. The van der Waals surface area contributed by atoms with Crippen LogP contribution in [0.25, 0.3) is 5.65 Å². The summed E-state index contributed by atoms with van der Waals surface area (Å²) in [5.41, 5.74) is 2.42. The van der Waals surface area contributed by atoms with Crippen LogP contribution in [0.1, 0.15) is 42.4 Å². The number of nitrogens with zero attached hydrogens (tertiary/aromatic N) is 2. The highest BCUT2D eigenvalue weighted by atomic mass is 16.1. The summed E-state index contributed by atoms with van der Waals surface area (Å²) in [5, 5.41) is 0. The van der Waals surface area contributed by atoms with Gasteiger partial charge in [-0.05, 0) is 18.6 Å². The first-order valence-corrected chi connectivity index (χ1v) is 5.20. The Morgan fingerprint density at radius 2 is 2.33 bits per heavy atom. The SMILES string of the molecule is CCC(C)c1nc2ccccn2c1C=O. The maximum atomic E-state index is 11.1. The lowest BCUT2D eigenvalue weighted by Gasteiger charge is -2.04. The maximum Gasteiger partial charge on any atom is 0.168 e. The van der Waals surface area contributed by atoms with Crippen molar-refractivity contribution in [2.45, 2.75) is 26.2 Å². The topological polar surface area (TPSA) is 34.4 Å². The van der Waals surface area contributed by atoms with E-state index in [1.807, 2.05) is 28.8 Å². The number of aromatic nitrogens is 2. The fourth-order valence-corrected chi connectivity index (χ4v) is 1.71. The van der Waals surface area contributed by atoms with Crippen molar-refractivity contribution in [3.8, 4) is 0 Å². The number of carbonyl (C=O) groups is 1. The van der Waals surface area contributed by atoms with Gasteiger partial charge in [-0.1, -0.05) is 19.9 Å². The van der Waals surface area contributed by atoms with Crippen LogP contribution in [0.3, 0.4) is 0 Å². The largest absolute Gasteiger partial charge is 0.297 e. The van der Waals surface area contributed by atoms with Crippen LogP contribution in [0, 0.1) is 0 Å². The molecule has 2 heterocycles. The van der Waals surface area contributed by atoms with Gasteiger partial charge >= 0.3 is 0 Å². The Kier molecular flexibility index (Phi) is 2.54. The summed E-state index contributed by atoms with van der Waals surface area (Å²) in [6.45, 7) is 4.19. The lowest BCUT2D eigenvalue weighted by molar-refractivity contribution is 0.111. The molecule has 3 heteroatoms. The van der Waals surface area contributed by atoms with Gasteiger partial charge in [0.25, 0.3) is 0 Å². The van der Waals surface area contributed by atoms with Gasteiger partial charge < -0.3 is 0 Å². The molecule has 0 bridgehead atoms. The van der Waals surface area contributed by atoms with Crippen LogP contribution in [0.5, 0.6) is 0 Å². The molecule has 0 saturated heterocycles. The summed E-state index contributed by atoms with van der Waals surface area (Å²) in [6.07, 6.45) is 3.75. The normalized spacial score (nSPS) is 12.9. The highest BCUT2D eigenvalue weighted by molar-refractivity contribution is 5.76. The second-order valence-electron chi connectivity index (χ2n) is 3.74. The Morgan fingerprint density at radius 1 is 1.53 bits per heavy atom. The maximum absolute atomic E-state index is 11.1. The van der Waals surface area contributed by atoms with Gasteiger partial charge in [0.05, 0.1) is 5.69 Å². The quantitative estimate of drug-likeness (QED) is 0.717. The number of carbonyl (C=O) groups excluding carboxylic acids is 1. The summed E-state index contributed by atoms with van der Waals surface area (Å²) in [6, 6.07) is 5.75. The molecule has 0 radical (unpaired) electrons. The van der Waals surface area contributed by atoms with E-state index in [0.717, 1.165) is 24.0 Å². The van der Waals surface area contributed by atoms with E-state index in [9.17, 15) is 4.79 Å². The minimum Gasteiger partial charge on any atom is -0.297 e. The lowest BCUT2D eigenvalue weighted by Crippen LogP contribution is -1.98. The predicted octanol–water partition coefficient (Wildman–Crippen LogP) is 2.66. The zero-order valence-electron chi connectivity index (χ0n) is 8.97. The van der Waals surface area contributed by atoms with Crippen LogP contribution in [0.2, 0.25) is 0 Å². The first kappa shape index (κ1) is 9.90. The molecule has 15 heavy (non-hydrogen) atoms. The van der Waals surface area contributed by atoms with Crippen molar-refractivity contribution in [3.63, 3.8) is 0 Å². The van der Waals surface area contributed by atoms with Gasteiger partial charge in [-0.25, -0.2) is 4.98 Å². The Balaban J connectivity index is 2.69. The van der Waals surface area contributed by atoms with Crippen LogP contribution in [0.4, 0.5) is 0 Å². The first-order chi connectivity index (χ1) is 7.27. The minimum absolute atomic E-state index is 0.324. The van der Waals surface area contributed by atoms with Crippen LogP contribution in [-0.2, 0) is 0 Å². The third-order valence-corrected chi connectivity index (χ3v) is 2.79. The summed E-state index contributed by atoms with van der Waals surface area (Å²) < 4.78 is 1.84. The number of imidazole rings is 1. The molecular weight excluding hydrogens is 188 g/mol. The minimum atomic E-state index is 0.324. The van der Waals surface area contributed by atoms with Crippen molar-refractivity contribution in [1.29, 1.82) is 0 Å². The molecule has 0 aliphatic carbocycles. The molecule has 0 saturated carbocycles. The molecule has 0 aliphatic rings. The molecule has 0 spiro atoms. The van der Waals surface area contributed by atoms with Gasteiger partial charge in [-0.15, -0.1) is 0 Å². The van der Waals surface area contributed by atoms with Crippen LogP contribution in [0.15, 0.2) is 24.4 Å². The Bertz CT molecular complexity index is 487. The third kappa shape index (κ3) is 1.54. The molecule has 2 aromatic rings. The molecule has 0 aliphatic heterocycles. The molecule has 3 nitrogen and oxygen atoms in total. The average molecular weight is 202 g/mol. The summed E-state index contributed by atoms with van der Waals surface area (Å²) in [4.78, 5) is 15.5. The molecule has 2 aromatic heterocycles. The molecule has 1 unspecified atom stereocenters. The fourth-order valence-electron chi connectivity index (χ4n) is 1.71. The smallest absolute Gasteiger partial charge is 0.168 e. The molecule has 78 valence electrons.